The van der Waals surface area contributed by atoms with E-state index in [2.05, 4.69) is 15.5 Å². The van der Waals surface area contributed by atoms with Crippen molar-refractivity contribution >= 4 is 35.1 Å². The molecule has 1 aliphatic rings. The van der Waals surface area contributed by atoms with Gasteiger partial charge in [-0.15, -0.1) is 5.10 Å². The van der Waals surface area contributed by atoms with Crippen LogP contribution in [0.2, 0.25) is 0 Å². The van der Waals surface area contributed by atoms with E-state index in [0.29, 0.717) is 11.4 Å². The number of nitrogens with one attached hydrogen (secondary N) is 1. The first kappa shape index (κ1) is 15.6. The number of hydrogen-bond donors (Lipinski definition) is 1. The Bertz CT molecular complexity index is 854. The molecule has 1 heterocycles. The van der Waals surface area contributed by atoms with E-state index in [9.17, 15) is 9.59 Å². The molecule has 120 valence electrons. The first-order valence-electron chi connectivity index (χ1n) is 7.42. The van der Waals surface area contributed by atoms with Crippen molar-refractivity contribution in [3.8, 4) is 0 Å². The van der Waals surface area contributed by atoms with Crippen LogP contribution in [0.3, 0.4) is 0 Å². The fourth-order valence-corrected chi connectivity index (χ4v) is 2.46. The average Bonchev–Trinajstić information content (AvgIpc) is 2.81. The first-order valence-corrected chi connectivity index (χ1v) is 7.42. The quantitative estimate of drug-likeness (QED) is 0.697. The lowest BCUT2D eigenvalue weighted by Crippen LogP contribution is -2.25. The number of benzene rings is 2. The number of carbonyl (C=O) groups is 2. The molecule has 1 N–H and O–H groups in total. The van der Waals surface area contributed by atoms with Crippen molar-refractivity contribution in [1.82, 2.24) is 0 Å². The molecule has 0 unspecified atom stereocenters. The lowest BCUT2D eigenvalue weighted by molar-refractivity contribution is -0.114. The van der Waals surface area contributed by atoms with Crippen LogP contribution in [0.5, 0.6) is 0 Å². The number of likely N-dealkylation sites (N-methyl/N-ethyl adjacent to an activating group) is 1. The summed E-state index contributed by atoms with van der Waals surface area (Å²) < 4.78 is 0. The van der Waals surface area contributed by atoms with Gasteiger partial charge in [0.2, 0.25) is 5.91 Å². The fraction of sp³-hybridized carbons (Fsp3) is 0.111. The Morgan fingerprint density at radius 3 is 2.54 bits per heavy atom. The second-order valence-corrected chi connectivity index (χ2v) is 5.38. The maximum absolute atomic E-state index is 12.2. The third-order valence-corrected chi connectivity index (χ3v) is 3.62. The minimum absolute atomic E-state index is 0.120. The first-order chi connectivity index (χ1) is 11.6. The number of fused-ring (bicyclic) bond motifs is 1. The third-order valence-electron chi connectivity index (χ3n) is 3.62. The minimum atomic E-state index is -0.172. The number of anilines is 2. The molecule has 24 heavy (non-hydrogen) atoms. The smallest absolute Gasteiger partial charge is 0.279 e. The van der Waals surface area contributed by atoms with Crippen LogP contribution in [-0.2, 0) is 9.59 Å². The van der Waals surface area contributed by atoms with Crippen molar-refractivity contribution in [2.75, 3.05) is 17.3 Å². The highest BCUT2D eigenvalue weighted by Gasteiger charge is 2.30. The summed E-state index contributed by atoms with van der Waals surface area (Å²) >= 11 is 0. The van der Waals surface area contributed by atoms with Crippen LogP contribution in [0.4, 0.5) is 11.4 Å². The molecule has 2 amide bonds. The molecule has 0 saturated heterocycles. The van der Waals surface area contributed by atoms with E-state index in [1.54, 1.807) is 30.3 Å². The summed E-state index contributed by atoms with van der Waals surface area (Å²) in [6.07, 6.45) is 1.57. The number of carbonyl (C=O) groups excluding carboxylic acids is 2. The number of nitrogens with zero attached hydrogens (tertiary/aromatic N) is 3. The Morgan fingerprint density at radius 2 is 1.83 bits per heavy atom. The molecule has 0 aromatic heterocycles. The van der Waals surface area contributed by atoms with Crippen LogP contribution in [0.15, 0.2) is 58.7 Å². The molecule has 2 aromatic rings. The molecule has 1 aliphatic heterocycles. The monoisotopic (exact) mass is 320 g/mol. The maximum atomic E-state index is 12.2. The molecule has 6 heteroatoms. The molecule has 0 aliphatic carbocycles. The summed E-state index contributed by atoms with van der Waals surface area (Å²) in [7, 11) is 1.72. The van der Waals surface area contributed by atoms with Gasteiger partial charge in [-0.1, -0.05) is 30.3 Å². The summed E-state index contributed by atoms with van der Waals surface area (Å²) in [5.74, 6) is -0.292. The summed E-state index contributed by atoms with van der Waals surface area (Å²) in [5.41, 5.74) is 3.48. The number of hydrogen-bond acceptors (Lipinski definition) is 4. The van der Waals surface area contributed by atoms with Gasteiger partial charge in [0.1, 0.15) is 0 Å². The lowest BCUT2D eigenvalue weighted by Gasteiger charge is -2.07. The summed E-state index contributed by atoms with van der Waals surface area (Å²) in [6.45, 7) is 1.46. The van der Waals surface area contributed by atoms with E-state index in [4.69, 9.17) is 0 Å². The van der Waals surface area contributed by atoms with E-state index in [-0.39, 0.29) is 11.8 Å². The van der Waals surface area contributed by atoms with Gasteiger partial charge >= 0.3 is 0 Å². The molecule has 0 bridgehead atoms. The molecule has 0 atom stereocenters. The zero-order valence-corrected chi connectivity index (χ0v) is 13.4. The van der Waals surface area contributed by atoms with Crippen molar-refractivity contribution in [3.05, 3.63) is 59.7 Å². The fourth-order valence-electron chi connectivity index (χ4n) is 2.46. The van der Waals surface area contributed by atoms with Gasteiger partial charge in [-0.25, -0.2) is 0 Å². The van der Waals surface area contributed by atoms with Crippen LogP contribution >= 0.6 is 0 Å². The van der Waals surface area contributed by atoms with Crippen molar-refractivity contribution in [2.24, 2.45) is 10.2 Å². The van der Waals surface area contributed by atoms with Gasteiger partial charge in [-0.2, -0.15) is 5.10 Å². The van der Waals surface area contributed by atoms with Gasteiger partial charge < -0.3 is 10.2 Å². The molecule has 2 aromatic carbocycles. The SMILES string of the molecule is CC(=O)Nc1ccc(C=NN=C2C(=O)N(C)c3ccccc32)cc1. The normalized spacial score (nSPS) is 15.2. The highest BCUT2D eigenvalue weighted by molar-refractivity contribution is 6.54. The van der Waals surface area contributed by atoms with Gasteiger partial charge in [-0.05, 0) is 23.8 Å². The molecule has 6 nitrogen and oxygen atoms in total. The van der Waals surface area contributed by atoms with E-state index >= 15 is 0 Å². The van der Waals surface area contributed by atoms with Crippen LogP contribution < -0.4 is 10.2 Å². The minimum Gasteiger partial charge on any atom is -0.326 e. The van der Waals surface area contributed by atoms with Crippen molar-refractivity contribution in [3.63, 3.8) is 0 Å². The second kappa shape index (κ2) is 6.45. The molecule has 3 rings (SSSR count). The summed E-state index contributed by atoms with van der Waals surface area (Å²) in [5, 5.41) is 10.8. The predicted octanol–water partition coefficient (Wildman–Crippen LogP) is 2.44. The van der Waals surface area contributed by atoms with Crippen LogP contribution in [0.25, 0.3) is 0 Å². The van der Waals surface area contributed by atoms with Gasteiger partial charge in [0.15, 0.2) is 5.71 Å². The number of rotatable bonds is 3. The maximum Gasteiger partial charge on any atom is 0.279 e. The zero-order valence-electron chi connectivity index (χ0n) is 13.4. The van der Waals surface area contributed by atoms with E-state index in [1.807, 2.05) is 36.4 Å². The molecular weight excluding hydrogens is 304 g/mol. The van der Waals surface area contributed by atoms with Crippen molar-refractivity contribution in [1.29, 1.82) is 0 Å². The molecule has 0 spiro atoms. The zero-order chi connectivity index (χ0) is 17.1. The van der Waals surface area contributed by atoms with Gasteiger partial charge in [0.05, 0.1) is 11.9 Å². The molecule has 0 fully saturated rings. The van der Waals surface area contributed by atoms with Crippen LogP contribution in [0, 0.1) is 0 Å². The van der Waals surface area contributed by atoms with Crippen molar-refractivity contribution < 1.29 is 9.59 Å². The average molecular weight is 320 g/mol. The Kier molecular flexibility index (Phi) is 4.20. The highest BCUT2D eigenvalue weighted by Crippen LogP contribution is 2.27. The lowest BCUT2D eigenvalue weighted by atomic mass is 10.1. The summed E-state index contributed by atoms with van der Waals surface area (Å²) in [4.78, 5) is 24.8. The van der Waals surface area contributed by atoms with Crippen LogP contribution in [0.1, 0.15) is 18.1 Å². The summed E-state index contributed by atoms with van der Waals surface area (Å²) in [6, 6.07) is 14.7. The third kappa shape index (κ3) is 3.08. The van der Waals surface area contributed by atoms with Gasteiger partial charge in [0.25, 0.3) is 5.91 Å². The second-order valence-electron chi connectivity index (χ2n) is 5.38. The number of para-hydroxylation sites is 1. The number of amides is 2. The van der Waals surface area contributed by atoms with E-state index in [0.717, 1.165) is 16.8 Å². The Hall–Kier alpha value is -3.28. The highest BCUT2D eigenvalue weighted by atomic mass is 16.2. The topological polar surface area (TPSA) is 74.1 Å². The molecule has 0 radical (unpaired) electrons. The largest absolute Gasteiger partial charge is 0.326 e. The standard InChI is InChI=1S/C18H16N4O2/c1-12(23)20-14-9-7-13(8-10-14)11-19-21-17-15-5-3-4-6-16(15)22(2)18(17)24/h3-11H,1-2H3,(H,20,23). The predicted molar refractivity (Wildman–Crippen MR) is 94.7 cm³/mol. The Balaban J connectivity index is 1.79. The van der Waals surface area contributed by atoms with Crippen molar-refractivity contribution in [2.45, 2.75) is 6.92 Å². The molecular formula is C18H16N4O2. The Labute approximate surface area is 139 Å². The van der Waals surface area contributed by atoms with Crippen LogP contribution in [-0.4, -0.2) is 30.8 Å². The molecule has 0 saturated carbocycles. The van der Waals surface area contributed by atoms with E-state index in [1.165, 1.54) is 6.92 Å². The van der Waals surface area contributed by atoms with Gasteiger partial charge in [-0.3, -0.25) is 9.59 Å². The van der Waals surface area contributed by atoms with Gasteiger partial charge in [0, 0.05) is 25.2 Å². The Morgan fingerprint density at radius 1 is 1.12 bits per heavy atom. The van der Waals surface area contributed by atoms with E-state index < -0.39 is 0 Å².